The van der Waals surface area contributed by atoms with Gasteiger partial charge < -0.3 is 10.2 Å². The first-order valence-corrected chi connectivity index (χ1v) is 16.8. The Morgan fingerprint density at radius 3 is 2.18 bits per heavy atom. The first-order chi connectivity index (χ1) is 21.2. The molecule has 3 aromatic rings. The van der Waals surface area contributed by atoms with E-state index in [1.807, 2.05) is 30.3 Å². The number of Topliss-reactive ketones (excluding diaryl/α,β-unsaturated/α-hetero) is 1. The van der Waals surface area contributed by atoms with Crippen molar-refractivity contribution >= 4 is 44.6 Å². The fourth-order valence-electron chi connectivity index (χ4n) is 5.43. The Hall–Kier alpha value is -4.08. The van der Waals surface area contributed by atoms with Crippen LogP contribution in [0.4, 0.5) is 17.1 Å². The molecule has 0 atom stereocenters. The van der Waals surface area contributed by atoms with Crippen LogP contribution in [0.25, 0.3) is 0 Å². The monoisotopic (exact) mass is 615 g/mol. The lowest BCUT2D eigenvalue weighted by Gasteiger charge is -2.21. The van der Waals surface area contributed by atoms with Crippen LogP contribution in [0.1, 0.15) is 80.8 Å². The van der Waals surface area contributed by atoms with Crippen molar-refractivity contribution in [2.45, 2.75) is 70.6 Å². The fourth-order valence-corrected chi connectivity index (χ4v) is 6.21. The van der Waals surface area contributed by atoms with E-state index in [1.54, 1.807) is 30.3 Å². The average molecular weight is 616 g/mol. The molecule has 8 nitrogen and oxygen atoms in total. The summed E-state index contributed by atoms with van der Waals surface area (Å²) >= 11 is 0. The average Bonchev–Trinajstić information content (AvgIpc) is 3.01. The summed E-state index contributed by atoms with van der Waals surface area (Å²) in [6.45, 7) is 8.11. The van der Waals surface area contributed by atoms with Crippen molar-refractivity contribution in [3.05, 3.63) is 95.1 Å². The molecule has 232 valence electrons. The Morgan fingerprint density at radius 2 is 1.52 bits per heavy atom. The summed E-state index contributed by atoms with van der Waals surface area (Å²) in [5.74, 6) is -1.15. The number of amides is 1. The van der Waals surface area contributed by atoms with Crippen LogP contribution < -0.4 is 10.2 Å². The van der Waals surface area contributed by atoms with Gasteiger partial charge in [0.2, 0.25) is 0 Å². The van der Waals surface area contributed by atoms with Crippen LogP contribution in [-0.2, 0) is 21.3 Å². The SMILES string of the molecule is CCCCCCCCc1ccc(NC(=O)C2=CC(=Nc3ccc(N(CC)CC)cc3)c3ccccc3C2=O)cc1S(=O)(=O)O. The molecule has 3 aromatic carbocycles. The molecule has 2 N–H and O–H groups in total. The minimum absolute atomic E-state index is 0.119. The van der Waals surface area contributed by atoms with Crippen LogP contribution in [-0.4, -0.2) is 43.5 Å². The summed E-state index contributed by atoms with van der Waals surface area (Å²) < 4.78 is 34.4. The van der Waals surface area contributed by atoms with Gasteiger partial charge in [-0.1, -0.05) is 69.4 Å². The van der Waals surface area contributed by atoms with E-state index in [-0.39, 0.29) is 16.2 Å². The number of aryl methyl sites for hydroxylation is 1. The molecule has 0 aromatic heterocycles. The lowest BCUT2D eigenvalue weighted by Crippen LogP contribution is -2.26. The Kier molecular flexibility index (Phi) is 11.3. The summed E-state index contributed by atoms with van der Waals surface area (Å²) in [6, 6.07) is 19.2. The molecular weight excluding hydrogens is 574 g/mol. The zero-order valence-electron chi connectivity index (χ0n) is 25.7. The third-order valence-electron chi connectivity index (χ3n) is 7.85. The molecule has 1 aliphatic carbocycles. The van der Waals surface area contributed by atoms with Crippen molar-refractivity contribution in [3.8, 4) is 0 Å². The van der Waals surface area contributed by atoms with Crippen LogP contribution in [0.3, 0.4) is 0 Å². The number of nitrogens with one attached hydrogen (secondary N) is 1. The zero-order valence-corrected chi connectivity index (χ0v) is 26.5. The Bertz CT molecular complexity index is 1660. The van der Waals surface area contributed by atoms with Gasteiger partial charge in [0, 0.05) is 35.6 Å². The van der Waals surface area contributed by atoms with E-state index < -0.39 is 21.8 Å². The molecular formula is C35H41N3O5S. The molecule has 1 amide bonds. The van der Waals surface area contributed by atoms with Crippen LogP contribution in [0.15, 0.2) is 88.3 Å². The van der Waals surface area contributed by atoms with Gasteiger partial charge in [-0.15, -0.1) is 0 Å². The van der Waals surface area contributed by atoms with E-state index in [1.165, 1.54) is 18.6 Å². The van der Waals surface area contributed by atoms with Gasteiger partial charge in [-0.25, -0.2) is 4.99 Å². The molecule has 44 heavy (non-hydrogen) atoms. The van der Waals surface area contributed by atoms with E-state index in [4.69, 9.17) is 4.99 Å². The van der Waals surface area contributed by atoms with E-state index in [0.29, 0.717) is 34.5 Å². The van der Waals surface area contributed by atoms with Crippen LogP contribution >= 0.6 is 0 Å². The normalized spacial score (nSPS) is 13.9. The smallest absolute Gasteiger partial charge is 0.294 e. The van der Waals surface area contributed by atoms with Gasteiger partial charge >= 0.3 is 0 Å². The highest BCUT2D eigenvalue weighted by Gasteiger charge is 2.29. The standard InChI is InChI=1S/C35H41N3O5S/c1-4-7-8-9-10-11-14-25-17-18-27(23-33(25)44(41,42)43)37-35(40)31-24-32(29-15-12-13-16-30(29)34(31)39)36-26-19-21-28(22-20-26)38(5-2)6-3/h12-13,15-24H,4-11,14H2,1-3H3,(H,37,40)(H,41,42,43). The third kappa shape index (κ3) is 8.09. The van der Waals surface area contributed by atoms with Gasteiger partial charge in [0.15, 0.2) is 5.78 Å². The molecule has 0 radical (unpaired) electrons. The van der Waals surface area contributed by atoms with Crippen LogP contribution in [0.5, 0.6) is 0 Å². The topological polar surface area (TPSA) is 116 Å². The van der Waals surface area contributed by atoms with E-state index >= 15 is 0 Å². The van der Waals surface area contributed by atoms with Crippen molar-refractivity contribution < 1.29 is 22.6 Å². The molecule has 0 aliphatic heterocycles. The quantitative estimate of drug-likeness (QED) is 0.110. The highest BCUT2D eigenvalue weighted by molar-refractivity contribution is 7.85. The van der Waals surface area contributed by atoms with Crippen molar-refractivity contribution in [1.29, 1.82) is 0 Å². The number of anilines is 2. The molecule has 0 spiro atoms. The van der Waals surface area contributed by atoms with E-state index in [9.17, 15) is 22.6 Å². The number of allylic oxidation sites excluding steroid dienone is 1. The third-order valence-corrected chi connectivity index (χ3v) is 8.78. The lowest BCUT2D eigenvalue weighted by molar-refractivity contribution is -0.112. The van der Waals surface area contributed by atoms with Crippen LogP contribution in [0, 0.1) is 0 Å². The Labute approximate surface area is 260 Å². The number of rotatable bonds is 14. The van der Waals surface area contributed by atoms with Crippen molar-refractivity contribution in [2.75, 3.05) is 23.3 Å². The van der Waals surface area contributed by atoms with Gasteiger partial charge in [0.1, 0.15) is 0 Å². The van der Waals surface area contributed by atoms with E-state index in [0.717, 1.165) is 50.9 Å². The van der Waals surface area contributed by atoms with Gasteiger partial charge in [0.25, 0.3) is 16.0 Å². The van der Waals surface area contributed by atoms with Crippen molar-refractivity contribution in [3.63, 3.8) is 0 Å². The minimum Gasteiger partial charge on any atom is -0.372 e. The fraction of sp³-hybridized carbons (Fsp3) is 0.343. The number of fused-ring (bicyclic) bond motifs is 1. The molecule has 0 heterocycles. The minimum atomic E-state index is -4.53. The molecule has 0 fully saturated rings. The number of carbonyl (C=O) groups is 2. The molecule has 0 bridgehead atoms. The maximum absolute atomic E-state index is 13.4. The number of aliphatic imine (C=N–C) groups is 1. The number of carbonyl (C=O) groups excluding carboxylic acids is 2. The summed E-state index contributed by atoms with van der Waals surface area (Å²) in [7, 11) is -4.53. The predicted octanol–water partition coefficient (Wildman–Crippen LogP) is 7.56. The largest absolute Gasteiger partial charge is 0.372 e. The molecule has 9 heteroatoms. The number of nitrogens with zero attached hydrogens (tertiary/aromatic N) is 2. The predicted molar refractivity (Wildman–Crippen MR) is 177 cm³/mol. The Morgan fingerprint density at radius 1 is 0.864 bits per heavy atom. The maximum Gasteiger partial charge on any atom is 0.294 e. The molecule has 1 aliphatic rings. The van der Waals surface area contributed by atoms with Crippen molar-refractivity contribution in [1.82, 2.24) is 0 Å². The van der Waals surface area contributed by atoms with Gasteiger partial charge in [-0.3, -0.25) is 14.1 Å². The summed E-state index contributed by atoms with van der Waals surface area (Å²) in [5.41, 5.74) is 3.73. The number of hydrogen-bond donors (Lipinski definition) is 2. The number of ketones is 1. The highest BCUT2D eigenvalue weighted by atomic mass is 32.2. The highest BCUT2D eigenvalue weighted by Crippen LogP contribution is 2.28. The van der Waals surface area contributed by atoms with Crippen molar-refractivity contribution in [2.24, 2.45) is 4.99 Å². The summed E-state index contributed by atoms with van der Waals surface area (Å²) in [6.07, 6.45) is 8.24. The number of hydrogen-bond acceptors (Lipinski definition) is 6. The second-order valence-electron chi connectivity index (χ2n) is 10.9. The second kappa shape index (κ2) is 15.1. The molecule has 0 saturated heterocycles. The van der Waals surface area contributed by atoms with Crippen LogP contribution in [0.2, 0.25) is 0 Å². The summed E-state index contributed by atoms with van der Waals surface area (Å²) in [5, 5.41) is 2.66. The second-order valence-corrected chi connectivity index (χ2v) is 12.3. The van der Waals surface area contributed by atoms with Gasteiger partial charge in [0.05, 0.1) is 21.9 Å². The first kappa shape index (κ1) is 32.8. The summed E-state index contributed by atoms with van der Waals surface area (Å²) in [4.78, 5) is 33.6. The first-order valence-electron chi connectivity index (χ1n) is 15.4. The Balaban J connectivity index is 1.59. The van der Waals surface area contributed by atoms with E-state index in [2.05, 4.69) is 31.0 Å². The molecule has 0 unspecified atom stereocenters. The van der Waals surface area contributed by atoms with Gasteiger partial charge in [-0.2, -0.15) is 8.42 Å². The maximum atomic E-state index is 13.4. The number of unbranched alkanes of at least 4 members (excludes halogenated alkanes) is 5. The number of benzene rings is 3. The van der Waals surface area contributed by atoms with Gasteiger partial charge in [-0.05, 0) is 74.7 Å². The zero-order chi connectivity index (χ0) is 31.7. The molecule has 0 saturated carbocycles. The lowest BCUT2D eigenvalue weighted by atomic mass is 9.88. The molecule has 4 rings (SSSR count).